The Kier molecular flexibility index (Phi) is 3.84. The van der Waals surface area contributed by atoms with E-state index in [4.69, 9.17) is 69.6 Å². The van der Waals surface area contributed by atoms with E-state index in [0.717, 1.165) is 0 Å². The highest BCUT2D eigenvalue weighted by molar-refractivity contribution is 6.66. The van der Waals surface area contributed by atoms with Gasteiger partial charge < -0.3 is 0 Å². The van der Waals surface area contributed by atoms with Crippen LogP contribution in [0, 0.1) is 0 Å². The molecule has 0 N–H and O–H groups in total. The van der Waals surface area contributed by atoms with Gasteiger partial charge in [-0.05, 0) is 6.07 Å². The SMILES string of the molecule is Clc1cc(C(Cl)(Cl)Cl)nc(Cl)c1Cl. The fraction of sp³-hybridized carbons (Fsp3) is 0.167. The molecule has 0 saturated heterocycles. The minimum absolute atomic E-state index is 0.00971. The maximum atomic E-state index is 5.69. The Bertz CT molecular complexity index is 307. The van der Waals surface area contributed by atoms with Crippen molar-refractivity contribution in [2.75, 3.05) is 0 Å². The average molecular weight is 300 g/mol. The summed E-state index contributed by atoms with van der Waals surface area (Å²) in [4.78, 5) is 3.76. The summed E-state index contributed by atoms with van der Waals surface area (Å²) < 4.78 is -1.65. The van der Waals surface area contributed by atoms with E-state index in [9.17, 15) is 0 Å². The molecule has 1 aromatic rings. The minimum atomic E-state index is -1.65. The summed E-state index contributed by atoms with van der Waals surface area (Å²) in [7, 11) is 0. The van der Waals surface area contributed by atoms with Crippen LogP contribution in [0.3, 0.4) is 0 Å². The van der Waals surface area contributed by atoms with Crippen molar-refractivity contribution in [3.63, 3.8) is 0 Å². The van der Waals surface area contributed by atoms with Crippen LogP contribution in [0.4, 0.5) is 0 Å². The molecule has 0 fully saturated rings. The summed E-state index contributed by atoms with van der Waals surface area (Å²) in [6, 6.07) is 1.35. The maximum absolute atomic E-state index is 5.69. The van der Waals surface area contributed by atoms with Gasteiger partial charge in [-0.25, -0.2) is 4.98 Å². The fourth-order valence-electron chi connectivity index (χ4n) is 0.614. The molecule has 0 radical (unpaired) electrons. The molecule has 0 aromatic carbocycles. The summed E-state index contributed by atoms with van der Waals surface area (Å²) >= 11 is 33.6. The monoisotopic (exact) mass is 297 g/mol. The van der Waals surface area contributed by atoms with Crippen LogP contribution in [0.15, 0.2) is 6.07 Å². The van der Waals surface area contributed by atoms with E-state index in [-0.39, 0.29) is 20.9 Å². The lowest BCUT2D eigenvalue weighted by atomic mass is 10.4. The first kappa shape index (κ1) is 12.0. The highest BCUT2D eigenvalue weighted by atomic mass is 35.6. The number of hydrogen-bond donors (Lipinski definition) is 0. The summed E-state index contributed by atoms with van der Waals surface area (Å²) in [5, 5.41) is 0.347. The van der Waals surface area contributed by atoms with Crippen molar-refractivity contribution < 1.29 is 0 Å². The van der Waals surface area contributed by atoms with Crippen LogP contribution >= 0.6 is 69.6 Å². The maximum Gasteiger partial charge on any atom is 0.232 e. The van der Waals surface area contributed by atoms with Crippen molar-refractivity contribution in [3.05, 3.63) is 27.0 Å². The molecule has 13 heavy (non-hydrogen) atoms. The third-order valence-corrected chi connectivity index (χ3v) is 2.89. The molecule has 1 heterocycles. The van der Waals surface area contributed by atoms with E-state index in [1.807, 2.05) is 0 Å². The molecular formula is C6HCl6N. The van der Waals surface area contributed by atoms with Crippen LogP contribution in [-0.4, -0.2) is 4.98 Å². The number of aromatic nitrogens is 1. The van der Waals surface area contributed by atoms with Crippen molar-refractivity contribution in [1.82, 2.24) is 4.98 Å². The molecule has 0 amide bonds. The molecule has 7 heteroatoms. The molecule has 0 aliphatic carbocycles. The quantitative estimate of drug-likeness (QED) is 0.492. The van der Waals surface area contributed by atoms with Crippen LogP contribution < -0.4 is 0 Å². The van der Waals surface area contributed by atoms with Crippen LogP contribution in [0.1, 0.15) is 5.69 Å². The van der Waals surface area contributed by atoms with E-state index >= 15 is 0 Å². The van der Waals surface area contributed by atoms with Gasteiger partial charge in [-0.3, -0.25) is 0 Å². The normalized spacial score (nSPS) is 11.8. The Morgan fingerprint density at radius 3 is 2.00 bits per heavy atom. The predicted molar refractivity (Wildman–Crippen MR) is 58.5 cm³/mol. The van der Waals surface area contributed by atoms with Gasteiger partial charge in [-0.15, -0.1) is 0 Å². The molecule has 0 unspecified atom stereocenters. The molecular weight excluding hydrogens is 299 g/mol. The Morgan fingerprint density at radius 2 is 1.62 bits per heavy atom. The molecule has 0 atom stereocenters. The van der Waals surface area contributed by atoms with Gasteiger partial charge in [0, 0.05) is 0 Å². The predicted octanol–water partition coefficient (Wildman–Crippen LogP) is 4.87. The molecule has 1 aromatic heterocycles. The number of halogens is 6. The second kappa shape index (κ2) is 4.18. The van der Waals surface area contributed by atoms with Crippen molar-refractivity contribution in [2.45, 2.75) is 3.79 Å². The van der Waals surface area contributed by atoms with Crippen molar-refractivity contribution in [3.8, 4) is 0 Å². The highest BCUT2D eigenvalue weighted by Crippen LogP contribution is 2.40. The van der Waals surface area contributed by atoms with Crippen LogP contribution in [0.2, 0.25) is 15.2 Å². The molecule has 0 spiro atoms. The summed E-state index contributed by atoms with van der Waals surface area (Å²) in [6.45, 7) is 0. The molecule has 0 saturated carbocycles. The number of nitrogens with zero attached hydrogens (tertiary/aromatic N) is 1. The average Bonchev–Trinajstić information content (AvgIpc) is 1.97. The lowest BCUT2D eigenvalue weighted by molar-refractivity contribution is 1.09. The number of rotatable bonds is 0. The van der Waals surface area contributed by atoms with Gasteiger partial charge >= 0.3 is 0 Å². The zero-order valence-electron chi connectivity index (χ0n) is 5.79. The highest BCUT2D eigenvalue weighted by Gasteiger charge is 2.26. The van der Waals surface area contributed by atoms with Gasteiger partial charge in [0.15, 0.2) is 0 Å². The molecule has 1 rings (SSSR count). The molecule has 0 bridgehead atoms. The van der Waals surface area contributed by atoms with E-state index in [1.54, 1.807) is 0 Å². The van der Waals surface area contributed by atoms with Crippen molar-refractivity contribution in [2.24, 2.45) is 0 Å². The number of hydrogen-bond acceptors (Lipinski definition) is 1. The number of alkyl halides is 3. The standard InChI is InChI=1S/C6HCl6N/c7-2-1-3(6(10,11)12)13-5(9)4(2)8/h1H. The van der Waals surface area contributed by atoms with E-state index in [0.29, 0.717) is 0 Å². The topological polar surface area (TPSA) is 12.9 Å². The summed E-state index contributed by atoms with van der Waals surface area (Å²) in [6.07, 6.45) is 0. The van der Waals surface area contributed by atoms with Gasteiger partial charge in [-0.2, -0.15) is 0 Å². The first-order valence-electron chi connectivity index (χ1n) is 2.91. The minimum Gasteiger partial charge on any atom is -0.235 e. The Hall–Kier alpha value is 0.890. The molecule has 0 aliphatic rings. The lowest BCUT2D eigenvalue weighted by Crippen LogP contribution is -2.03. The molecule has 72 valence electrons. The van der Waals surface area contributed by atoms with Crippen LogP contribution in [-0.2, 0) is 3.79 Å². The largest absolute Gasteiger partial charge is 0.235 e. The van der Waals surface area contributed by atoms with Gasteiger partial charge in [-0.1, -0.05) is 69.6 Å². The first-order valence-corrected chi connectivity index (χ1v) is 5.18. The van der Waals surface area contributed by atoms with Crippen molar-refractivity contribution >= 4 is 69.6 Å². The van der Waals surface area contributed by atoms with Crippen LogP contribution in [0.5, 0.6) is 0 Å². The zero-order chi connectivity index (χ0) is 10.2. The van der Waals surface area contributed by atoms with Gasteiger partial charge in [0.1, 0.15) is 5.15 Å². The van der Waals surface area contributed by atoms with Gasteiger partial charge in [0.2, 0.25) is 3.79 Å². The van der Waals surface area contributed by atoms with Crippen molar-refractivity contribution in [1.29, 1.82) is 0 Å². The zero-order valence-corrected chi connectivity index (χ0v) is 10.3. The smallest absolute Gasteiger partial charge is 0.232 e. The Balaban J connectivity index is 3.29. The van der Waals surface area contributed by atoms with Gasteiger partial charge in [0.25, 0.3) is 0 Å². The molecule has 0 aliphatic heterocycles. The third-order valence-electron chi connectivity index (χ3n) is 1.16. The summed E-state index contributed by atoms with van der Waals surface area (Å²) in [5.41, 5.74) is 0.136. The lowest BCUT2D eigenvalue weighted by Gasteiger charge is -2.11. The fourth-order valence-corrected chi connectivity index (χ4v) is 1.44. The van der Waals surface area contributed by atoms with E-state index < -0.39 is 3.79 Å². The van der Waals surface area contributed by atoms with E-state index in [1.165, 1.54) is 6.07 Å². The van der Waals surface area contributed by atoms with Gasteiger partial charge in [0.05, 0.1) is 15.7 Å². The second-order valence-electron chi connectivity index (χ2n) is 2.09. The number of pyridine rings is 1. The third kappa shape index (κ3) is 2.92. The molecule has 1 nitrogen and oxygen atoms in total. The van der Waals surface area contributed by atoms with Crippen LogP contribution in [0.25, 0.3) is 0 Å². The summed E-state index contributed by atoms with van der Waals surface area (Å²) in [5.74, 6) is 0. The first-order chi connectivity index (χ1) is 5.82. The Labute approximate surface area is 105 Å². The Morgan fingerprint density at radius 1 is 1.08 bits per heavy atom. The van der Waals surface area contributed by atoms with E-state index in [2.05, 4.69) is 4.98 Å². The second-order valence-corrected chi connectivity index (χ2v) is 5.52.